The minimum absolute atomic E-state index is 0.118. The van der Waals surface area contributed by atoms with Crippen LogP contribution in [0.2, 0.25) is 0 Å². The molecule has 0 atom stereocenters. The molecule has 0 aromatic carbocycles. The van der Waals surface area contributed by atoms with Crippen molar-refractivity contribution >= 4 is 0 Å². The SMILES string of the molecule is CCNCC1(OCCC(C)(C)C)CCC(CC)CC1. The highest BCUT2D eigenvalue weighted by molar-refractivity contribution is 4.89. The van der Waals surface area contributed by atoms with Gasteiger partial charge in [-0.1, -0.05) is 41.0 Å². The molecule has 2 nitrogen and oxygen atoms in total. The second kappa shape index (κ2) is 7.64. The van der Waals surface area contributed by atoms with Crippen LogP contribution in [-0.4, -0.2) is 25.3 Å². The molecule has 0 aromatic heterocycles. The van der Waals surface area contributed by atoms with E-state index >= 15 is 0 Å². The van der Waals surface area contributed by atoms with Crippen molar-refractivity contribution in [1.82, 2.24) is 5.32 Å². The van der Waals surface area contributed by atoms with Gasteiger partial charge >= 0.3 is 0 Å². The van der Waals surface area contributed by atoms with Crippen molar-refractivity contribution in [3.63, 3.8) is 0 Å². The molecule has 1 N–H and O–H groups in total. The molecule has 0 heterocycles. The molecule has 0 aliphatic heterocycles. The summed E-state index contributed by atoms with van der Waals surface area (Å²) in [6.45, 7) is 14.4. The molecule has 0 bridgehead atoms. The lowest BCUT2D eigenvalue weighted by molar-refractivity contribution is -0.0826. The maximum absolute atomic E-state index is 6.38. The standard InChI is InChI=1S/C17H35NO/c1-6-15-8-10-17(11-9-15,14-18-7-2)19-13-12-16(3,4)5/h15,18H,6-14H2,1-5H3. The topological polar surface area (TPSA) is 21.3 Å². The minimum Gasteiger partial charge on any atom is -0.374 e. The molecule has 1 rings (SSSR count). The van der Waals surface area contributed by atoms with Gasteiger partial charge in [-0.15, -0.1) is 0 Å². The minimum atomic E-state index is 0.118. The normalized spacial score (nSPS) is 28.6. The Labute approximate surface area is 120 Å². The lowest BCUT2D eigenvalue weighted by Crippen LogP contribution is -2.46. The Kier molecular flexibility index (Phi) is 6.82. The van der Waals surface area contributed by atoms with Crippen LogP contribution in [0.25, 0.3) is 0 Å². The second-order valence-corrected chi connectivity index (χ2v) is 7.47. The fourth-order valence-electron chi connectivity index (χ4n) is 2.91. The Morgan fingerprint density at radius 2 is 1.79 bits per heavy atom. The van der Waals surface area contributed by atoms with Crippen molar-refractivity contribution in [3.8, 4) is 0 Å². The van der Waals surface area contributed by atoms with Crippen molar-refractivity contribution in [2.45, 2.75) is 78.7 Å². The predicted octanol–water partition coefficient (Wildman–Crippen LogP) is 4.39. The van der Waals surface area contributed by atoms with Crippen LogP contribution in [-0.2, 0) is 4.74 Å². The van der Waals surface area contributed by atoms with E-state index in [1.54, 1.807) is 0 Å². The largest absolute Gasteiger partial charge is 0.374 e. The van der Waals surface area contributed by atoms with Gasteiger partial charge in [0.2, 0.25) is 0 Å². The van der Waals surface area contributed by atoms with Gasteiger partial charge in [0, 0.05) is 13.2 Å². The van der Waals surface area contributed by atoms with Crippen LogP contribution in [0, 0.1) is 11.3 Å². The summed E-state index contributed by atoms with van der Waals surface area (Å²) in [4.78, 5) is 0. The van der Waals surface area contributed by atoms with Crippen LogP contribution in [0.1, 0.15) is 73.1 Å². The fourth-order valence-corrected chi connectivity index (χ4v) is 2.91. The van der Waals surface area contributed by atoms with E-state index in [9.17, 15) is 0 Å². The van der Waals surface area contributed by atoms with E-state index < -0.39 is 0 Å². The summed E-state index contributed by atoms with van der Waals surface area (Å²) in [5.41, 5.74) is 0.493. The molecule has 1 fully saturated rings. The smallest absolute Gasteiger partial charge is 0.0806 e. The van der Waals surface area contributed by atoms with Crippen LogP contribution in [0.3, 0.4) is 0 Å². The van der Waals surface area contributed by atoms with Gasteiger partial charge in [-0.3, -0.25) is 0 Å². The highest BCUT2D eigenvalue weighted by Crippen LogP contribution is 2.36. The maximum atomic E-state index is 6.38. The van der Waals surface area contributed by atoms with E-state index in [4.69, 9.17) is 4.74 Å². The predicted molar refractivity (Wildman–Crippen MR) is 83.5 cm³/mol. The number of hydrogen-bond donors (Lipinski definition) is 1. The van der Waals surface area contributed by atoms with Gasteiger partial charge in [-0.25, -0.2) is 0 Å². The zero-order chi connectivity index (χ0) is 14.4. The van der Waals surface area contributed by atoms with Crippen molar-refractivity contribution in [1.29, 1.82) is 0 Å². The van der Waals surface area contributed by atoms with Crippen LogP contribution in [0.5, 0.6) is 0 Å². The summed E-state index contributed by atoms with van der Waals surface area (Å²) < 4.78 is 6.38. The van der Waals surface area contributed by atoms with E-state index in [1.165, 1.54) is 32.1 Å². The molecule has 1 aliphatic carbocycles. The summed E-state index contributed by atoms with van der Waals surface area (Å²) >= 11 is 0. The Balaban J connectivity index is 2.47. The quantitative estimate of drug-likeness (QED) is 0.740. The number of rotatable bonds is 7. The average Bonchev–Trinajstić information content (AvgIpc) is 2.36. The molecule has 2 heteroatoms. The maximum Gasteiger partial charge on any atom is 0.0806 e. The van der Waals surface area contributed by atoms with Gasteiger partial charge in [0.05, 0.1) is 5.60 Å². The van der Waals surface area contributed by atoms with Crippen molar-refractivity contribution in [2.75, 3.05) is 19.7 Å². The van der Waals surface area contributed by atoms with Crippen LogP contribution in [0.4, 0.5) is 0 Å². The molecular weight excluding hydrogens is 234 g/mol. The fraction of sp³-hybridized carbons (Fsp3) is 1.00. The third-order valence-corrected chi connectivity index (χ3v) is 4.55. The van der Waals surface area contributed by atoms with Gasteiger partial charge in [-0.2, -0.15) is 0 Å². The first-order valence-corrected chi connectivity index (χ1v) is 8.25. The number of hydrogen-bond acceptors (Lipinski definition) is 2. The third-order valence-electron chi connectivity index (χ3n) is 4.55. The molecule has 0 amide bonds. The summed E-state index contributed by atoms with van der Waals surface area (Å²) in [6, 6.07) is 0. The molecule has 1 saturated carbocycles. The lowest BCUT2D eigenvalue weighted by atomic mass is 9.77. The molecule has 0 saturated heterocycles. The van der Waals surface area contributed by atoms with Gasteiger partial charge < -0.3 is 10.1 Å². The lowest BCUT2D eigenvalue weighted by Gasteiger charge is -2.40. The van der Waals surface area contributed by atoms with Gasteiger partial charge in [0.1, 0.15) is 0 Å². The first kappa shape index (κ1) is 17.0. The molecule has 0 unspecified atom stereocenters. The van der Waals surface area contributed by atoms with Crippen molar-refractivity contribution < 1.29 is 4.74 Å². The van der Waals surface area contributed by atoms with E-state index in [0.717, 1.165) is 32.0 Å². The van der Waals surface area contributed by atoms with E-state index in [-0.39, 0.29) is 5.60 Å². The molecule has 0 aromatic rings. The van der Waals surface area contributed by atoms with Crippen LogP contribution < -0.4 is 5.32 Å². The Morgan fingerprint density at radius 3 is 2.26 bits per heavy atom. The van der Waals surface area contributed by atoms with Crippen molar-refractivity contribution in [3.05, 3.63) is 0 Å². The van der Waals surface area contributed by atoms with Crippen LogP contribution in [0.15, 0.2) is 0 Å². The molecule has 0 radical (unpaired) electrons. The highest BCUT2D eigenvalue weighted by Gasteiger charge is 2.35. The Bertz CT molecular complexity index is 236. The Morgan fingerprint density at radius 1 is 1.16 bits per heavy atom. The molecule has 114 valence electrons. The third kappa shape index (κ3) is 6.27. The molecule has 1 aliphatic rings. The first-order valence-electron chi connectivity index (χ1n) is 8.25. The molecular formula is C17H35NO. The number of likely N-dealkylation sites (N-methyl/N-ethyl adjacent to an activating group) is 1. The summed E-state index contributed by atoms with van der Waals surface area (Å²) in [7, 11) is 0. The van der Waals surface area contributed by atoms with E-state index in [2.05, 4.69) is 39.9 Å². The van der Waals surface area contributed by atoms with E-state index in [0.29, 0.717) is 5.41 Å². The van der Waals surface area contributed by atoms with Crippen LogP contribution >= 0.6 is 0 Å². The van der Waals surface area contributed by atoms with Crippen molar-refractivity contribution in [2.24, 2.45) is 11.3 Å². The van der Waals surface area contributed by atoms with Gasteiger partial charge in [0.25, 0.3) is 0 Å². The molecule has 19 heavy (non-hydrogen) atoms. The van der Waals surface area contributed by atoms with Gasteiger partial charge in [0.15, 0.2) is 0 Å². The summed E-state index contributed by atoms with van der Waals surface area (Å²) in [5, 5.41) is 3.51. The second-order valence-electron chi connectivity index (χ2n) is 7.47. The first-order chi connectivity index (χ1) is 8.91. The summed E-state index contributed by atoms with van der Waals surface area (Å²) in [6.07, 6.45) is 7.65. The number of ether oxygens (including phenoxy) is 1. The zero-order valence-electron chi connectivity index (χ0n) is 13.8. The highest BCUT2D eigenvalue weighted by atomic mass is 16.5. The monoisotopic (exact) mass is 269 g/mol. The van der Waals surface area contributed by atoms with E-state index in [1.807, 2.05) is 0 Å². The summed E-state index contributed by atoms with van der Waals surface area (Å²) in [5.74, 6) is 0.931. The molecule has 0 spiro atoms. The Hall–Kier alpha value is -0.0800. The zero-order valence-corrected chi connectivity index (χ0v) is 13.8. The van der Waals surface area contributed by atoms with Gasteiger partial charge in [-0.05, 0) is 50.0 Å². The number of nitrogens with one attached hydrogen (secondary N) is 1. The average molecular weight is 269 g/mol.